The molecule has 0 unspecified atom stereocenters. The predicted molar refractivity (Wildman–Crippen MR) is 43.2 cm³/mol. The van der Waals surface area contributed by atoms with Crippen LogP contribution >= 0.6 is 0 Å². The van der Waals surface area contributed by atoms with E-state index in [-0.39, 0.29) is 0 Å². The van der Waals surface area contributed by atoms with Crippen molar-refractivity contribution in [3.8, 4) is 0 Å². The average molecular weight is 148 g/mol. The molecule has 2 nitrogen and oxygen atoms in total. The van der Waals surface area contributed by atoms with E-state index < -0.39 is 0 Å². The van der Waals surface area contributed by atoms with Gasteiger partial charge in [-0.2, -0.15) is 0 Å². The minimum Gasteiger partial charge on any atom is -0.245 e. The van der Waals surface area contributed by atoms with Gasteiger partial charge >= 0.3 is 0 Å². The van der Waals surface area contributed by atoms with Crippen LogP contribution in [0.15, 0.2) is 18.7 Å². The topological polar surface area (TPSA) is 25.8 Å². The standard InChI is InChI=1S/C9H12N2/c1-2-4-8(3-1)9-5-10-7-11-6-9/h5-8H,1-4H2. The summed E-state index contributed by atoms with van der Waals surface area (Å²) in [4.78, 5) is 8.04. The molecule has 1 aromatic rings. The molecule has 2 rings (SSSR count). The van der Waals surface area contributed by atoms with Gasteiger partial charge in [0.25, 0.3) is 0 Å². The Hall–Kier alpha value is -0.920. The number of hydrogen-bond acceptors (Lipinski definition) is 2. The van der Waals surface area contributed by atoms with Crippen LogP contribution in [0.25, 0.3) is 0 Å². The van der Waals surface area contributed by atoms with Crippen LogP contribution in [0.1, 0.15) is 37.2 Å². The second kappa shape index (κ2) is 2.99. The van der Waals surface area contributed by atoms with Gasteiger partial charge in [0.2, 0.25) is 0 Å². The van der Waals surface area contributed by atoms with E-state index in [9.17, 15) is 0 Å². The van der Waals surface area contributed by atoms with Gasteiger partial charge in [-0.05, 0) is 24.3 Å². The third kappa shape index (κ3) is 1.39. The summed E-state index contributed by atoms with van der Waals surface area (Å²) >= 11 is 0. The summed E-state index contributed by atoms with van der Waals surface area (Å²) in [6.45, 7) is 0. The molecule has 1 heterocycles. The van der Waals surface area contributed by atoms with Crippen LogP contribution in [0.3, 0.4) is 0 Å². The maximum Gasteiger partial charge on any atom is 0.115 e. The van der Waals surface area contributed by atoms with Crippen LogP contribution in [-0.2, 0) is 0 Å². The molecular weight excluding hydrogens is 136 g/mol. The molecule has 0 spiro atoms. The summed E-state index contributed by atoms with van der Waals surface area (Å²) in [7, 11) is 0. The van der Waals surface area contributed by atoms with Crippen molar-refractivity contribution in [3.05, 3.63) is 24.3 Å². The second-order valence-electron chi connectivity index (χ2n) is 3.15. The van der Waals surface area contributed by atoms with Gasteiger partial charge in [0.1, 0.15) is 6.33 Å². The SMILES string of the molecule is c1ncc(C2CCCC2)cn1. The first-order chi connectivity index (χ1) is 5.47. The third-order valence-corrected chi connectivity index (χ3v) is 2.41. The molecule has 1 saturated carbocycles. The van der Waals surface area contributed by atoms with Crippen molar-refractivity contribution in [1.82, 2.24) is 9.97 Å². The summed E-state index contributed by atoms with van der Waals surface area (Å²) in [5.74, 6) is 0.746. The second-order valence-corrected chi connectivity index (χ2v) is 3.15. The fourth-order valence-corrected chi connectivity index (χ4v) is 1.78. The Labute approximate surface area is 66.7 Å². The number of rotatable bonds is 1. The largest absolute Gasteiger partial charge is 0.245 e. The minimum atomic E-state index is 0.746. The summed E-state index contributed by atoms with van der Waals surface area (Å²) in [6.07, 6.45) is 10.9. The van der Waals surface area contributed by atoms with Crippen molar-refractivity contribution in [2.45, 2.75) is 31.6 Å². The van der Waals surface area contributed by atoms with E-state index >= 15 is 0 Å². The van der Waals surface area contributed by atoms with Crippen LogP contribution in [0.2, 0.25) is 0 Å². The molecule has 1 aliphatic carbocycles. The van der Waals surface area contributed by atoms with E-state index in [2.05, 4.69) is 9.97 Å². The molecule has 0 N–H and O–H groups in total. The first kappa shape index (κ1) is 6.77. The highest BCUT2D eigenvalue weighted by Crippen LogP contribution is 2.32. The lowest BCUT2D eigenvalue weighted by Crippen LogP contribution is -1.93. The molecule has 2 heteroatoms. The molecule has 58 valence electrons. The maximum atomic E-state index is 4.02. The van der Waals surface area contributed by atoms with E-state index in [1.54, 1.807) is 6.33 Å². The third-order valence-electron chi connectivity index (χ3n) is 2.41. The van der Waals surface area contributed by atoms with Gasteiger partial charge in [0.05, 0.1) is 0 Å². The quantitative estimate of drug-likeness (QED) is 0.609. The number of hydrogen-bond donors (Lipinski definition) is 0. The minimum absolute atomic E-state index is 0.746. The molecule has 1 aromatic heterocycles. The maximum absolute atomic E-state index is 4.02. The summed E-state index contributed by atoms with van der Waals surface area (Å²) in [6, 6.07) is 0. The van der Waals surface area contributed by atoms with Gasteiger partial charge < -0.3 is 0 Å². The highest BCUT2D eigenvalue weighted by atomic mass is 14.8. The highest BCUT2D eigenvalue weighted by molar-refractivity contribution is 5.11. The smallest absolute Gasteiger partial charge is 0.115 e. The Bertz CT molecular complexity index is 214. The van der Waals surface area contributed by atoms with Crippen molar-refractivity contribution in [3.63, 3.8) is 0 Å². The first-order valence-electron chi connectivity index (χ1n) is 4.22. The van der Waals surface area contributed by atoms with Gasteiger partial charge in [0, 0.05) is 12.4 Å². The van der Waals surface area contributed by atoms with E-state index in [1.165, 1.54) is 31.2 Å². The van der Waals surface area contributed by atoms with E-state index in [1.807, 2.05) is 12.4 Å². The van der Waals surface area contributed by atoms with Crippen LogP contribution in [0.5, 0.6) is 0 Å². The Morgan fingerprint density at radius 3 is 2.36 bits per heavy atom. The molecule has 11 heavy (non-hydrogen) atoms. The zero-order valence-electron chi connectivity index (χ0n) is 6.53. The summed E-state index contributed by atoms with van der Waals surface area (Å²) < 4.78 is 0. The molecule has 0 aromatic carbocycles. The lowest BCUT2D eigenvalue weighted by Gasteiger charge is -2.05. The highest BCUT2D eigenvalue weighted by Gasteiger charge is 2.16. The Morgan fingerprint density at radius 2 is 1.73 bits per heavy atom. The zero-order valence-corrected chi connectivity index (χ0v) is 6.53. The number of aromatic nitrogens is 2. The fraction of sp³-hybridized carbons (Fsp3) is 0.556. The van der Waals surface area contributed by atoms with Crippen LogP contribution in [-0.4, -0.2) is 9.97 Å². The van der Waals surface area contributed by atoms with Crippen molar-refractivity contribution in [2.75, 3.05) is 0 Å². The lowest BCUT2D eigenvalue weighted by molar-refractivity contribution is 0.714. The molecule has 1 aliphatic rings. The van der Waals surface area contributed by atoms with Gasteiger partial charge in [-0.25, -0.2) is 9.97 Å². The molecule has 0 bridgehead atoms. The Morgan fingerprint density at radius 1 is 1.09 bits per heavy atom. The van der Waals surface area contributed by atoms with Crippen LogP contribution in [0, 0.1) is 0 Å². The summed E-state index contributed by atoms with van der Waals surface area (Å²) in [5.41, 5.74) is 1.32. The molecule has 0 atom stereocenters. The Balaban J connectivity index is 2.16. The van der Waals surface area contributed by atoms with Gasteiger partial charge in [-0.3, -0.25) is 0 Å². The number of nitrogens with zero attached hydrogens (tertiary/aromatic N) is 2. The van der Waals surface area contributed by atoms with Crippen molar-refractivity contribution < 1.29 is 0 Å². The monoisotopic (exact) mass is 148 g/mol. The van der Waals surface area contributed by atoms with E-state index in [0.717, 1.165) is 5.92 Å². The summed E-state index contributed by atoms with van der Waals surface area (Å²) in [5, 5.41) is 0. The van der Waals surface area contributed by atoms with Gasteiger partial charge in [-0.1, -0.05) is 12.8 Å². The van der Waals surface area contributed by atoms with Crippen LogP contribution < -0.4 is 0 Å². The van der Waals surface area contributed by atoms with Crippen molar-refractivity contribution in [1.29, 1.82) is 0 Å². The van der Waals surface area contributed by atoms with Crippen molar-refractivity contribution >= 4 is 0 Å². The first-order valence-corrected chi connectivity index (χ1v) is 4.22. The molecule has 0 saturated heterocycles. The molecule has 0 aliphatic heterocycles. The molecule has 0 radical (unpaired) electrons. The fourth-order valence-electron chi connectivity index (χ4n) is 1.78. The van der Waals surface area contributed by atoms with Gasteiger partial charge in [-0.15, -0.1) is 0 Å². The van der Waals surface area contributed by atoms with E-state index in [4.69, 9.17) is 0 Å². The molecule has 1 fully saturated rings. The normalized spacial score (nSPS) is 18.9. The molecule has 0 amide bonds. The van der Waals surface area contributed by atoms with Crippen molar-refractivity contribution in [2.24, 2.45) is 0 Å². The lowest BCUT2D eigenvalue weighted by atomic mass is 10.0. The zero-order chi connectivity index (χ0) is 7.52. The van der Waals surface area contributed by atoms with Crippen LogP contribution in [0.4, 0.5) is 0 Å². The van der Waals surface area contributed by atoms with E-state index in [0.29, 0.717) is 0 Å². The van der Waals surface area contributed by atoms with Gasteiger partial charge in [0.15, 0.2) is 0 Å². The Kier molecular flexibility index (Phi) is 1.84. The predicted octanol–water partition coefficient (Wildman–Crippen LogP) is 2.13. The molecular formula is C9H12N2. The average Bonchev–Trinajstić information content (AvgIpc) is 2.58.